The Balaban J connectivity index is 1.73. The van der Waals surface area contributed by atoms with E-state index in [0.717, 1.165) is 24.2 Å². The molecule has 1 saturated heterocycles. The van der Waals surface area contributed by atoms with Crippen LogP contribution in [-0.4, -0.2) is 45.5 Å². The smallest absolute Gasteiger partial charge is 0.323 e. The molecule has 0 aliphatic carbocycles. The number of carbonyl (C=O) groups excluding carboxylic acids is 1. The van der Waals surface area contributed by atoms with Crippen LogP contribution in [0.1, 0.15) is 18.5 Å². The van der Waals surface area contributed by atoms with Crippen molar-refractivity contribution in [3.8, 4) is 5.69 Å². The third-order valence-corrected chi connectivity index (χ3v) is 4.59. The number of anilines is 1. The predicted molar refractivity (Wildman–Crippen MR) is 93.7 cm³/mol. The normalized spacial score (nSPS) is 17.8. The molecule has 1 aromatic heterocycles. The third-order valence-electron chi connectivity index (χ3n) is 4.27. The Morgan fingerprint density at radius 2 is 2.25 bits per heavy atom. The molecule has 2 heterocycles. The quantitative estimate of drug-likeness (QED) is 0.895. The number of nitrogens with zero attached hydrogens (tertiary/aromatic N) is 3. The average molecular weight is 349 g/mol. The van der Waals surface area contributed by atoms with Gasteiger partial charge in [0.25, 0.3) is 0 Å². The molecule has 1 aliphatic heterocycles. The Hall–Kier alpha value is -2.05. The topological polar surface area (TPSA) is 70.4 Å². The maximum absolute atomic E-state index is 12.4. The number of aliphatic hydroxyl groups is 1. The van der Waals surface area contributed by atoms with E-state index in [1.54, 1.807) is 15.6 Å². The van der Waals surface area contributed by atoms with Gasteiger partial charge in [0.1, 0.15) is 0 Å². The molecule has 0 bridgehead atoms. The van der Waals surface area contributed by atoms with E-state index in [4.69, 9.17) is 11.6 Å². The van der Waals surface area contributed by atoms with E-state index in [-0.39, 0.29) is 18.6 Å². The molecule has 2 N–H and O–H groups in total. The number of nitrogens with one attached hydrogen (secondary N) is 1. The molecule has 2 aromatic rings. The number of aliphatic hydroxyl groups excluding tert-OH is 1. The summed E-state index contributed by atoms with van der Waals surface area (Å²) in [6, 6.07) is 9.07. The summed E-state index contributed by atoms with van der Waals surface area (Å²) in [7, 11) is 0. The Morgan fingerprint density at radius 1 is 1.46 bits per heavy atom. The highest BCUT2D eigenvalue weighted by atomic mass is 35.5. The van der Waals surface area contributed by atoms with Crippen LogP contribution in [0.4, 0.5) is 10.6 Å². The fourth-order valence-corrected chi connectivity index (χ4v) is 3.21. The predicted octanol–water partition coefficient (Wildman–Crippen LogP) is 3.07. The van der Waals surface area contributed by atoms with Crippen molar-refractivity contribution in [2.75, 3.05) is 25.0 Å². The van der Waals surface area contributed by atoms with Gasteiger partial charge in [0.05, 0.1) is 10.7 Å². The number of aromatic nitrogens is 2. The minimum Gasteiger partial charge on any atom is -0.396 e. The van der Waals surface area contributed by atoms with Crippen molar-refractivity contribution < 1.29 is 9.90 Å². The second-order valence-electron chi connectivity index (χ2n) is 6.10. The van der Waals surface area contributed by atoms with Crippen LogP contribution >= 0.6 is 11.6 Å². The molecular weight excluding hydrogens is 328 g/mol. The van der Waals surface area contributed by atoms with E-state index in [1.165, 1.54) is 0 Å². The number of hydrogen-bond donors (Lipinski definition) is 2. The van der Waals surface area contributed by atoms with Gasteiger partial charge in [-0.2, -0.15) is 0 Å². The molecule has 0 unspecified atom stereocenters. The van der Waals surface area contributed by atoms with Crippen LogP contribution < -0.4 is 5.32 Å². The maximum Gasteiger partial charge on any atom is 0.323 e. The Kier molecular flexibility index (Phi) is 5.06. The van der Waals surface area contributed by atoms with E-state index >= 15 is 0 Å². The minimum absolute atomic E-state index is 0.115. The van der Waals surface area contributed by atoms with Crippen LogP contribution in [-0.2, 0) is 0 Å². The van der Waals surface area contributed by atoms with Gasteiger partial charge >= 0.3 is 6.03 Å². The zero-order valence-electron chi connectivity index (χ0n) is 13.6. The summed E-state index contributed by atoms with van der Waals surface area (Å²) in [4.78, 5) is 14.1. The standard InChI is InChI=1S/C17H21ClN4O2/c1-12-9-16(20-22(12)15-7-3-2-6-14(15)18)19-17(24)21-8-4-5-13(10-21)11-23/h2-3,6-7,9,13,23H,4-5,8,10-11H2,1H3,(H,19,20,24)/t13-/m0/s1. The zero-order chi connectivity index (χ0) is 17.1. The van der Waals surface area contributed by atoms with Gasteiger partial charge < -0.3 is 10.0 Å². The SMILES string of the molecule is Cc1cc(NC(=O)N2CCC[C@H](CO)C2)nn1-c1ccccc1Cl. The van der Waals surface area contributed by atoms with Gasteiger partial charge in [0.2, 0.25) is 0 Å². The first-order valence-corrected chi connectivity index (χ1v) is 8.44. The molecule has 0 spiro atoms. The number of urea groups is 1. The zero-order valence-corrected chi connectivity index (χ0v) is 14.3. The van der Waals surface area contributed by atoms with E-state index in [1.807, 2.05) is 31.2 Å². The van der Waals surface area contributed by atoms with Crippen molar-refractivity contribution in [1.82, 2.24) is 14.7 Å². The Labute approximate surface area is 146 Å². The summed E-state index contributed by atoms with van der Waals surface area (Å²) in [6.07, 6.45) is 1.87. The van der Waals surface area contributed by atoms with Crippen molar-refractivity contribution in [2.24, 2.45) is 5.92 Å². The molecule has 1 atom stereocenters. The number of carbonyl (C=O) groups is 1. The lowest BCUT2D eigenvalue weighted by Gasteiger charge is -2.31. The van der Waals surface area contributed by atoms with Gasteiger partial charge in [0.15, 0.2) is 5.82 Å². The molecule has 24 heavy (non-hydrogen) atoms. The van der Waals surface area contributed by atoms with Crippen LogP contribution in [0, 0.1) is 12.8 Å². The second-order valence-corrected chi connectivity index (χ2v) is 6.51. The largest absolute Gasteiger partial charge is 0.396 e. The molecule has 1 aliphatic rings. The highest BCUT2D eigenvalue weighted by molar-refractivity contribution is 6.32. The molecule has 6 nitrogen and oxygen atoms in total. The van der Waals surface area contributed by atoms with Crippen molar-refractivity contribution in [3.05, 3.63) is 41.0 Å². The maximum atomic E-state index is 12.4. The molecule has 0 saturated carbocycles. The highest BCUT2D eigenvalue weighted by Crippen LogP contribution is 2.23. The Bertz CT molecular complexity index is 731. The molecule has 1 fully saturated rings. The van der Waals surface area contributed by atoms with Crippen LogP contribution in [0.2, 0.25) is 5.02 Å². The molecule has 7 heteroatoms. The second kappa shape index (κ2) is 7.23. The highest BCUT2D eigenvalue weighted by Gasteiger charge is 2.23. The molecule has 128 valence electrons. The number of rotatable bonds is 3. The van der Waals surface area contributed by atoms with Gasteiger partial charge in [-0.15, -0.1) is 5.10 Å². The van der Waals surface area contributed by atoms with Crippen molar-refractivity contribution in [3.63, 3.8) is 0 Å². The number of benzene rings is 1. The molecule has 3 rings (SSSR count). The van der Waals surface area contributed by atoms with Crippen LogP contribution in [0.25, 0.3) is 5.69 Å². The van der Waals surface area contributed by atoms with Gasteiger partial charge in [-0.3, -0.25) is 5.32 Å². The summed E-state index contributed by atoms with van der Waals surface area (Å²) < 4.78 is 1.71. The van der Waals surface area contributed by atoms with Crippen LogP contribution in [0.3, 0.4) is 0 Å². The summed E-state index contributed by atoms with van der Waals surface area (Å²) in [6.45, 7) is 3.30. The first-order valence-electron chi connectivity index (χ1n) is 8.07. The molecule has 1 aromatic carbocycles. The number of hydrogen-bond acceptors (Lipinski definition) is 3. The summed E-state index contributed by atoms with van der Waals surface area (Å²) >= 11 is 6.22. The van der Waals surface area contributed by atoms with Gasteiger partial charge in [-0.1, -0.05) is 23.7 Å². The van der Waals surface area contributed by atoms with E-state index in [9.17, 15) is 9.90 Å². The molecular formula is C17H21ClN4O2. The van der Waals surface area contributed by atoms with Gasteiger partial charge in [-0.05, 0) is 37.8 Å². The molecule has 2 amide bonds. The van der Waals surface area contributed by atoms with E-state index < -0.39 is 0 Å². The lowest BCUT2D eigenvalue weighted by atomic mass is 9.99. The minimum atomic E-state index is -0.183. The first-order chi connectivity index (χ1) is 11.6. The number of aryl methyl sites for hydroxylation is 1. The van der Waals surface area contributed by atoms with Crippen LogP contribution in [0.15, 0.2) is 30.3 Å². The lowest BCUT2D eigenvalue weighted by Crippen LogP contribution is -2.43. The fourth-order valence-electron chi connectivity index (χ4n) is 2.99. The van der Waals surface area contributed by atoms with E-state index in [0.29, 0.717) is 23.9 Å². The third kappa shape index (κ3) is 3.55. The molecule has 0 radical (unpaired) electrons. The number of para-hydroxylation sites is 1. The monoisotopic (exact) mass is 348 g/mol. The number of amides is 2. The van der Waals surface area contributed by atoms with Crippen molar-refractivity contribution in [1.29, 1.82) is 0 Å². The Morgan fingerprint density at radius 3 is 3.00 bits per heavy atom. The lowest BCUT2D eigenvalue weighted by molar-refractivity contribution is 0.136. The average Bonchev–Trinajstić information content (AvgIpc) is 2.95. The number of piperidine rings is 1. The summed E-state index contributed by atoms with van der Waals surface area (Å²) in [5, 5.41) is 17.2. The summed E-state index contributed by atoms with van der Waals surface area (Å²) in [5.74, 6) is 0.649. The van der Waals surface area contributed by atoms with Crippen LogP contribution in [0.5, 0.6) is 0 Å². The van der Waals surface area contributed by atoms with Gasteiger partial charge in [-0.25, -0.2) is 9.48 Å². The van der Waals surface area contributed by atoms with Crippen molar-refractivity contribution >= 4 is 23.4 Å². The summed E-state index contributed by atoms with van der Waals surface area (Å²) in [5.41, 5.74) is 1.65. The van der Waals surface area contributed by atoms with Crippen molar-refractivity contribution in [2.45, 2.75) is 19.8 Å². The number of likely N-dealkylation sites (tertiary alicyclic amines) is 1. The number of halogens is 1. The first kappa shape index (κ1) is 16.8. The van der Waals surface area contributed by atoms with Gasteiger partial charge in [0, 0.05) is 31.5 Å². The van der Waals surface area contributed by atoms with E-state index in [2.05, 4.69) is 10.4 Å². The fraction of sp³-hybridized carbons (Fsp3) is 0.412.